The molecule has 0 radical (unpaired) electrons. The fourth-order valence-corrected chi connectivity index (χ4v) is 1.38. The molecule has 0 fully saturated rings. The van der Waals surface area contributed by atoms with E-state index < -0.39 is 0 Å². The lowest BCUT2D eigenvalue weighted by Crippen LogP contribution is -2.20. The molecule has 0 saturated carbocycles. The molecular weight excluding hydrogens is 251 g/mol. The molecule has 0 aliphatic heterocycles. The Balaban J connectivity index is 0.000000791. The summed E-state index contributed by atoms with van der Waals surface area (Å²) in [5, 5.41) is 2.54. The summed E-state index contributed by atoms with van der Waals surface area (Å²) in [7, 11) is 1.50. The molecule has 1 rings (SSSR count). The Morgan fingerprint density at radius 1 is 1.57 bits per heavy atom. The third kappa shape index (κ3) is 4.53. The van der Waals surface area contributed by atoms with E-state index in [1.807, 2.05) is 0 Å². The van der Waals surface area contributed by atoms with Crippen molar-refractivity contribution >= 4 is 21.8 Å². The average molecular weight is 265 g/mol. The minimum absolute atomic E-state index is 0.187. The zero-order valence-corrected chi connectivity index (χ0v) is 9.82. The van der Waals surface area contributed by atoms with Gasteiger partial charge in [0.15, 0.2) is 0 Å². The van der Waals surface area contributed by atoms with Crippen LogP contribution in [-0.2, 0) is 4.79 Å². The third-order valence-corrected chi connectivity index (χ3v) is 2.31. The zero-order valence-electron chi connectivity index (χ0n) is 8.23. The first-order valence-electron chi connectivity index (χ1n) is 4.19. The van der Waals surface area contributed by atoms with Gasteiger partial charge in [-0.1, -0.05) is 15.9 Å². The molecule has 3 N–H and O–H groups in total. The Morgan fingerprint density at radius 2 is 2.14 bits per heavy atom. The number of hydrogen-bond donors (Lipinski definition) is 2. The summed E-state index contributed by atoms with van der Waals surface area (Å²) in [4.78, 5) is 10.6. The molecule has 1 amide bonds. The van der Waals surface area contributed by atoms with E-state index in [1.165, 1.54) is 20.0 Å². The SMILES string of the molecule is CC(=O)NC1=C(Br)CCC(F)=C1.CN. The van der Waals surface area contributed by atoms with E-state index in [0.29, 0.717) is 18.5 Å². The monoisotopic (exact) mass is 264 g/mol. The van der Waals surface area contributed by atoms with E-state index >= 15 is 0 Å². The summed E-state index contributed by atoms with van der Waals surface area (Å²) in [5.74, 6) is -0.380. The van der Waals surface area contributed by atoms with Gasteiger partial charge < -0.3 is 11.1 Å². The maximum Gasteiger partial charge on any atom is 0.221 e. The van der Waals surface area contributed by atoms with Gasteiger partial charge in [0.1, 0.15) is 5.83 Å². The fraction of sp³-hybridized carbons (Fsp3) is 0.444. The summed E-state index contributed by atoms with van der Waals surface area (Å²) in [6.07, 6.45) is 2.36. The van der Waals surface area contributed by atoms with E-state index in [2.05, 4.69) is 27.0 Å². The van der Waals surface area contributed by atoms with Gasteiger partial charge in [0.05, 0.1) is 5.70 Å². The van der Waals surface area contributed by atoms with Gasteiger partial charge in [-0.3, -0.25) is 4.79 Å². The minimum atomic E-state index is -0.193. The number of halogens is 2. The van der Waals surface area contributed by atoms with E-state index in [9.17, 15) is 9.18 Å². The highest BCUT2D eigenvalue weighted by molar-refractivity contribution is 9.11. The van der Waals surface area contributed by atoms with E-state index in [4.69, 9.17) is 0 Å². The molecule has 0 aromatic carbocycles. The molecule has 1 aliphatic carbocycles. The van der Waals surface area contributed by atoms with Crippen LogP contribution in [0.2, 0.25) is 0 Å². The maximum absolute atomic E-state index is 12.7. The van der Waals surface area contributed by atoms with Gasteiger partial charge in [-0.25, -0.2) is 4.39 Å². The molecular formula is C9H14BrFN2O. The zero-order chi connectivity index (χ0) is 11.1. The third-order valence-electron chi connectivity index (χ3n) is 1.49. The summed E-state index contributed by atoms with van der Waals surface area (Å²) in [6.45, 7) is 1.40. The smallest absolute Gasteiger partial charge is 0.221 e. The van der Waals surface area contributed by atoms with Gasteiger partial charge in [-0.05, 0) is 19.5 Å². The second-order valence-corrected chi connectivity index (χ2v) is 3.55. The predicted octanol–water partition coefficient (Wildman–Crippen LogP) is 1.95. The van der Waals surface area contributed by atoms with Crippen LogP contribution in [0, 0.1) is 0 Å². The Bertz CT molecular complexity index is 274. The maximum atomic E-state index is 12.7. The topological polar surface area (TPSA) is 55.1 Å². The van der Waals surface area contributed by atoms with Crippen molar-refractivity contribution in [2.24, 2.45) is 5.73 Å². The number of allylic oxidation sites excluding steroid dienone is 3. The van der Waals surface area contributed by atoms with Gasteiger partial charge >= 0.3 is 0 Å². The van der Waals surface area contributed by atoms with Gasteiger partial charge in [0.25, 0.3) is 0 Å². The number of carbonyl (C=O) groups is 1. The number of rotatable bonds is 1. The Morgan fingerprint density at radius 3 is 2.64 bits per heavy atom. The van der Waals surface area contributed by atoms with Crippen molar-refractivity contribution in [2.45, 2.75) is 19.8 Å². The molecule has 0 aromatic heterocycles. The molecule has 0 spiro atoms. The summed E-state index contributed by atoms with van der Waals surface area (Å²) < 4.78 is 13.6. The molecule has 3 nitrogen and oxygen atoms in total. The number of nitrogens with one attached hydrogen (secondary N) is 1. The summed E-state index contributed by atoms with van der Waals surface area (Å²) in [6, 6.07) is 0. The Labute approximate surface area is 91.4 Å². The van der Waals surface area contributed by atoms with Gasteiger partial charge in [0, 0.05) is 17.8 Å². The lowest BCUT2D eigenvalue weighted by molar-refractivity contribution is -0.118. The van der Waals surface area contributed by atoms with Crippen molar-refractivity contribution in [2.75, 3.05) is 7.05 Å². The molecule has 14 heavy (non-hydrogen) atoms. The van der Waals surface area contributed by atoms with Crippen LogP contribution in [0.15, 0.2) is 22.1 Å². The van der Waals surface area contributed by atoms with Crippen LogP contribution in [0.25, 0.3) is 0 Å². The number of nitrogens with two attached hydrogens (primary N) is 1. The van der Waals surface area contributed by atoms with E-state index in [-0.39, 0.29) is 11.7 Å². The van der Waals surface area contributed by atoms with Crippen LogP contribution in [0.3, 0.4) is 0 Å². The van der Waals surface area contributed by atoms with Crippen molar-refractivity contribution in [3.05, 3.63) is 22.1 Å². The van der Waals surface area contributed by atoms with Crippen molar-refractivity contribution in [3.63, 3.8) is 0 Å². The summed E-state index contributed by atoms with van der Waals surface area (Å²) in [5.41, 5.74) is 5.03. The quantitative estimate of drug-likeness (QED) is 0.761. The van der Waals surface area contributed by atoms with Crippen molar-refractivity contribution < 1.29 is 9.18 Å². The minimum Gasteiger partial charge on any atom is -0.333 e. The molecule has 5 heteroatoms. The number of carbonyl (C=O) groups excluding carboxylic acids is 1. The molecule has 0 atom stereocenters. The van der Waals surface area contributed by atoms with Crippen molar-refractivity contribution in [1.29, 1.82) is 0 Å². The van der Waals surface area contributed by atoms with E-state index in [1.54, 1.807) is 0 Å². The lowest BCUT2D eigenvalue weighted by Gasteiger charge is -2.12. The second kappa shape index (κ2) is 6.73. The van der Waals surface area contributed by atoms with Gasteiger partial charge in [-0.15, -0.1) is 0 Å². The molecule has 0 aromatic rings. The molecule has 80 valence electrons. The Kier molecular flexibility index (Phi) is 6.40. The standard InChI is InChI=1S/C8H9BrFNO.CH5N/c1-5(12)11-8-4-6(10)2-3-7(8)9;1-2/h4H,2-3H2,1H3,(H,11,12);2H2,1H3. The molecule has 0 unspecified atom stereocenters. The first-order valence-corrected chi connectivity index (χ1v) is 4.99. The average Bonchev–Trinajstić information content (AvgIpc) is 2.14. The predicted molar refractivity (Wildman–Crippen MR) is 58.3 cm³/mol. The highest BCUT2D eigenvalue weighted by Crippen LogP contribution is 2.26. The molecule has 0 saturated heterocycles. The first-order chi connectivity index (χ1) is 6.59. The normalized spacial score (nSPS) is 15.4. The van der Waals surface area contributed by atoms with Gasteiger partial charge in [0.2, 0.25) is 5.91 Å². The van der Waals surface area contributed by atoms with Crippen LogP contribution >= 0.6 is 15.9 Å². The number of amides is 1. The molecule has 0 bridgehead atoms. The largest absolute Gasteiger partial charge is 0.333 e. The second-order valence-electron chi connectivity index (χ2n) is 2.59. The lowest BCUT2D eigenvalue weighted by atomic mass is 10.1. The van der Waals surface area contributed by atoms with Crippen LogP contribution in [-0.4, -0.2) is 13.0 Å². The highest BCUT2D eigenvalue weighted by atomic mass is 79.9. The van der Waals surface area contributed by atoms with Crippen molar-refractivity contribution in [3.8, 4) is 0 Å². The number of hydrogen-bond acceptors (Lipinski definition) is 2. The van der Waals surface area contributed by atoms with E-state index in [0.717, 1.165) is 4.48 Å². The van der Waals surface area contributed by atoms with Gasteiger partial charge in [-0.2, -0.15) is 0 Å². The first kappa shape index (κ1) is 13.3. The van der Waals surface area contributed by atoms with Crippen LogP contribution < -0.4 is 11.1 Å². The molecule has 1 aliphatic rings. The highest BCUT2D eigenvalue weighted by Gasteiger charge is 2.11. The van der Waals surface area contributed by atoms with Crippen LogP contribution in [0.1, 0.15) is 19.8 Å². The van der Waals surface area contributed by atoms with Crippen molar-refractivity contribution in [1.82, 2.24) is 5.32 Å². The fourth-order valence-electron chi connectivity index (χ4n) is 0.964. The Hall–Kier alpha value is -0.680. The summed E-state index contributed by atoms with van der Waals surface area (Å²) >= 11 is 3.26. The van der Waals surface area contributed by atoms with Crippen LogP contribution in [0.4, 0.5) is 4.39 Å². The molecule has 0 heterocycles. The van der Waals surface area contributed by atoms with Crippen LogP contribution in [0.5, 0.6) is 0 Å².